The van der Waals surface area contributed by atoms with Crippen LogP contribution in [0.4, 0.5) is 5.69 Å². The number of nitrogens with one attached hydrogen (secondary N) is 1. The number of carbonyl (C=O) groups is 1. The van der Waals surface area contributed by atoms with Gasteiger partial charge in [-0.15, -0.1) is 10.2 Å². The number of fused-ring (bicyclic) bond motifs is 1. The first kappa shape index (κ1) is 16.1. The van der Waals surface area contributed by atoms with Crippen molar-refractivity contribution in [3.63, 3.8) is 0 Å². The van der Waals surface area contributed by atoms with Crippen LogP contribution in [0.3, 0.4) is 0 Å². The van der Waals surface area contributed by atoms with Crippen molar-refractivity contribution in [1.29, 1.82) is 5.26 Å². The van der Waals surface area contributed by atoms with Crippen molar-refractivity contribution in [2.75, 3.05) is 5.32 Å². The van der Waals surface area contributed by atoms with Gasteiger partial charge in [-0.2, -0.15) is 14.9 Å². The van der Waals surface area contributed by atoms with Crippen molar-refractivity contribution in [3.05, 3.63) is 40.7 Å². The smallest absolute Gasteiger partial charge is 0.234 e. The minimum Gasteiger partial charge on any atom is -0.326 e. The molecule has 0 bridgehead atoms. The molecule has 0 aliphatic heterocycles. The number of aromatic nitrogens is 4. The molecule has 0 fully saturated rings. The van der Waals surface area contributed by atoms with Gasteiger partial charge in [0.1, 0.15) is 5.01 Å². The van der Waals surface area contributed by atoms with Crippen LogP contribution in [0.1, 0.15) is 42.6 Å². The Kier molecular flexibility index (Phi) is 4.53. The van der Waals surface area contributed by atoms with Gasteiger partial charge in [-0.25, -0.2) is 0 Å². The Balaban J connectivity index is 1.60. The Hall–Kier alpha value is -2.79. The number of rotatable bonds is 5. The van der Waals surface area contributed by atoms with E-state index < -0.39 is 0 Å². The van der Waals surface area contributed by atoms with E-state index in [1.165, 1.54) is 11.3 Å². The molecule has 2 heterocycles. The number of aryl methyl sites for hydroxylation is 1. The predicted octanol–water partition coefficient (Wildman–Crippen LogP) is 2.75. The standard InChI is InChI=1S/C16H16N6OS/c1-10(2)15-19-20-16-22(15)21-14(24-16)8-7-13(23)18-12-5-3-11(9-17)4-6-12/h3-6,10H,7-8H2,1-2H3,(H,18,23). The van der Waals surface area contributed by atoms with Gasteiger partial charge in [0, 0.05) is 24.4 Å². The van der Waals surface area contributed by atoms with Crippen LogP contribution >= 0.6 is 11.3 Å². The first-order chi connectivity index (χ1) is 11.6. The largest absolute Gasteiger partial charge is 0.326 e. The molecule has 0 radical (unpaired) electrons. The highest BCUT2D eigenvalue weighted by molar-refractivity contribution is 7.16. The average Bonchev–Trinajstić information content (AvgIpc) is 3.13. The summed E-state index contributed by atoms with van der Waals surface area (Å²) in [5, 5.41) is 25.2. The summed E-state index contributed by atoms with van der Waals surface area (Å²) < 4.78 is 1.75. The van der Waals surface area contributed by atoms with Crippen LogP contribution < -0.4 is 5.32 Å². The molecule has 3 aromatic rings. The molecule has 0 aliphatic rings. The first-order valence-electron chi connectivity index (χ1n) is 7.58. The minimum atomic E-state index is -0.0882. The number of anilines is 1. The molecule has 7 nitrogen and oxygen atoms in total. The summed E-state index contributed by atoms with van der Waals surface area (Å²) in [6, 6.07) is 8.82. The third kappa shape index (κ3) is 3.41. The highest BCUT2D eigenvalue weighted by Gasteiger charge is 2.14. The number of nitrogens with zero attached hydrogens (tertiary/aromatic N) is 5. The molecule has 0 aliphatic carbocycles. The van der Waals surface area contributed by atoms with Crippen molar-refractivity contribution in [3.8, 4) is 6.07 Å². The lowest BCUT2D eigenvalue weighted by molar-refractivity contribution is -0.116. The molecule has 1 amide bonds. The summed E-state index contributed by atoms with van der Waals surface area (Å²) in [5.41, 5.74) is 1.24. The molecule has 0 unspecified atom stereocenters. The lowest BCUT2D eigenvalue weighted by Gasteiger charge is -2.04. The highest BCUT2D eigenvalue weighted by Crippen LogP contribution is 2.19. The quantitative estimate of drug-likeness (QED) is 0.770. The van der Waals surface area contributed by atoms with Gasteiger partial charge in [-0.05, 0) is 24.3 Å². The van der Waals surface area contributed by atoms with Crippen LogP contribution in [-0.2, 0) is 11.2 Å². The fraction of sp³-hybridized carbons (Fsp3) is 0.312. The molecule has 2 aromatic heterocycles. The fourth-order valence-corrected chi connectivity index (χ4v) is 3.04. The van der Waals surface area contributed by atoms with Crippen molar-refractivity contribution in [2.24, 2.45) is 0 Å². The van der Waals surface area contributed by atoms with Crippen molar-refractivity contribution in [2.45, 2.75) is 32.6 Å². The van der Waals surface area contributed by atoms with Crippen molar-refractivity contribution in [1.82, 2.24) is 19.8 Å². The molecule has 1 aromatic carbocycles. The zero-order valence-corrected chi connectivity index (χ0v) is 14.2. The van der Waals surface area contributed by atoms with Crippen LogP contribution in [-0.4, -0.2) is 25.7 Å². The Morgan fingerprint density at radius 3 is 2.75 bits per heavy atom. The zero-order chi connectivity index (χ0) is 17.1. The van der Waals surface area contributed by atoms with Gasteiger partial charge in [0.25, 0.3) is 0 Å². The Labute approximate surface area is 143 Å². The summed E-state index contributed by atoms with van der Waals surface area (Å²) in [4.78, 5) is 12.8. The van der Waals surface area contributed by atoms with Crippen LogP contribution in [0.25, 0.3) is 4.96 Å². The van der Waals surface area contributed by atoms with E-state index in [-0.39, 0.29) is 11.8 Å². The van der Waals surface area contributed by atoms with Gasteiger partial charge < -0.3 is 5.32 Å². The summed E-state index contributed by atoms with van der Waals surface area (Å²) >= 11 is 1.45. The number of hydrogen-bond donors (Lipinski definition) is 1. The molecular weight excluding hydrogens is 324 g/mol. The fourth-order valence-electron chi connectivity index (χ4n) is 2.20. The van der Waals surface area contributed by atoms with Crippen LogP contribution in [0, 0.1) is 11.3 Å². The lowest BCUT2D eigenvalue weighted by atomic mass is 10.2. The van der Waals surface area contributed by atoms with Gasteiger partial charge in [-0.1, -0.05) is 25.2 Å². The first-order valence-corrected chi connectivity index (χ1v) is 8.39. The second-order valence-electron chi connectivity index (χ2n) is 5.64. The molecule has 0 atom stereocenters. The number of hydrogen-bond acceptors (Lipinski definition) is 6. The maximum atomic E-state index is 12.0. The van der Waals surface area contributed by atoms with Crippen LogP contribution in [0.2, 0.25) is 0 Å². The van der Waals surface area contributed by atoms with Gasteiger partial charge >= 0.3 is 0 Å². The Morgan fingerprint density at radius 2 is 2.08 bits per heavy atom. The van der Waals surface area contributed by atoms with E-state index in [1.807, 2.05) is 19.9 Å². The second kappa shape index (κ2) is 6.76. The summed E-state index contributed by atoms with van der Waals surface area (Å²) in [6.45, 7) is 4.08. The number of benzene rings is 1. The van der Waals surface area contributed by atoms with Crippen LogP contribution in [0.15, 0.2) is 24.3 Å². The third-order valence-electron chi connectivity index (χ3n) is 3.44. The topological polar surface area (TPSA) is 96.0 Å². The predicted molar refractivity (Wildman–Crippen MR) is 90.9 cm³/mol. The average molecular weight is 340 g/mol. The summed E-state index contributed by atoms with van der Waals surface area (Å²) in [5.74, 6) is 0.985. The number of amides is 1. The third-order valence-corrected chi connectivity index (χ3v) is 4.40. The SMILES string of the molecule is CC(C)c1nnc2sc(CCC(=O)Nc3ccc(C#N)cc3)nn12. The van der Waals surface area contributed by atoms with Crippen LogP contribution in [0.5, 0.6) is 0 Å². The van der Waals surface area contributed by atoms with Gasteiger partial charge in [0.2, 0.25) is 10.9 Å². The molecule has 122 valence electrons. The summed E-state index contributed by atoms with van der Waals surface area (Å²) in [7, 11) is 0. The van der Waals surface area contributed by atoms with E-state index in [9.17, 15) is 4.79 Å². The molecule has 3 rings (SSSR count). The number of carbonyl (C=O) groups excluding carboxylic acids is 1. The molecule has 1 N–H and O–H groups in total. The maximum absolute atomic E-state index is 12.0. The normalized spacial score (nSPS) is 10.9. The minimum absolute atomic E-state index is 0.0882. The molecule has 0 saturated carbocycles. The van der Waals surface area contributed by atoms with Crippen molar-refractivity contribution < 1.29 is 4.79 Å². The van der Waals surface area contributed by atoms with Gasteiger partial charge in [0.05, 0.1) is 11.6 Å². The van der Waals surface area contributed by atoms with Gasteiger partial charge in [0.15, 0.2) is 5.82 Å². The monoisotopic (exact) mass is 340 g/mol. The van der Waals surface area contributed by atoms with E-state index in [2.05, 4.69) is 20.6 Å². The van der Waals surface area contributed by atoms with E-state index in [0.29, 0.717) is 24.1 Å². The molecule has 0 saturated heterocycles. The second-order valence-corrected chi connectivity index (χ2v) is 6.68. The zero-order valence-electron chi connectivity index (χ0n) is 13.4. The molecular formula is C16H16N6OS. The van der Waals surface area contributed by atoms with E-state index in [0.717, 1.165) is 15.8 Å². The van der Waals surface area contributed by atoms with Crippen molar-refractivity contribution >= 4 is 27.9 Å². The number of nitriles is 1. The lowest BCUT2D eigenvalue weighted by Crippen LogP contribution is -2.12. The van der Waals surface area contributed by atoms with E-state index >= 15 is 0 Å². The molecule has 0 spiro atoms. The molecule has 8 heteroatoms. The highest BCUT2D eigenvalue weighted by atomic mass is 32.1. The molecule has 24 heavy (non-hydrogen) atoms. The van der Waals surface area contributed by atoms with E-state index in [4.69, 9.17) is 5.26 Å². The Bertz CT molecular complexity index is 903. The summed E-state index contributed by atoms with van der Waals surface area (Å²) in [6.07, 6.45) is 0.884. The van der Waals surface area contributed by atoms with Gasteiger partial charge in [-0.3, -0.25) is 4.79 Å². The maximum Gasteiger partial charge on any atom is 0.234 e. The Morgan fingerprint density at radius 1 is 1.33 bits per heavy atom. The van der Waals surface area contributed by atoms with E-state index in [1.54, 1.807) is 28.8 Å².